The van der Waals surface area contributed by atoms with Gasteiger partial charge in [-0.1, -0.05) is 24.3 Å². The fourth-order valence-electron chi connectivity index (χ4n) is 1.78. The average Bonchev–Trinajstić information content (AvgIpc) is 2.35. The molecule has 2 aromatic carbocycles. The quantitative estimate of drug-likeness (QED) is 0.817. The van der Waals surface area contributed by atoms with Gasteiger partial charge in [-0.05, 0) is 48.2 Å². The van der Waals surface area contributed by atoms with Crippen LogP contribution in [0.4, 0.5) is 5.69 Å². The lowest BCUT2D eigenvalue weighted by atomic mass is 10.0. The van der Waals surface area contributed by atoms with Crippen molar-refractivity contribution in [2.24, 2.45) is 0 Å². The van der Waals surface area contributed by atoms with Gasteiger partial charge in [0.2, 0.25) is 0 Å². The molecule has 0 heterocycles. The van der Waals surface area contributed by atoms with E-state index >= 15 is 0 Å². The van der Waals surface area contributed by atoms with Crippen LogP contribution in [0.25, 0.3) is 0 Å². The molecule has 0 saturated carbocycles. The molecule has 2 heteroatoms. The molecular weight excluding hydrogens is 210 g/mol. The molecule has 2 nitrogen and oxygen atoms in total. The molecule has 0 aliphatic heterocycles. The Hall–Kier alpha value is -1.96. The lowest BCUT2D eigenvalue weighted by Crippen LogP contribution is -1.94. The summed E-state index contributed by atoms with van der Waals surface area (Å²) in [6.45, 7) is 2.02. The zero-order chi connectivity index (χ0) is 12.3. The van der Waals surface area contributed by atoms with Gasteiger partial charge in [0, 0.05) is 5.69 Å². The van der Waals surface area contributed by atoms with E-state index in [9.17, 15) is 0 Å². The summed E-state index contributed by atoms with van der Waals surface area (Å²) < 4.78 is 5.13. The maximum atomic E-state index is 5.90. The van der Waals surface area contributed by atoms with Gasteiger partial charge in [0.05, 0.1) is 7.11 Å². The summed E-state index contributed by atoms with van der Waals surface area (Å²) in [5.74, 6) is 0.886. The molecule has 0 atom stereocenters. The monoisotopic (exact) mass is 227 g/mol. The molecule has 0 spiro atoms. The fraction of sp³-hybridized carbons (Fsp3) is 0.200. The van der Waals surface area contributed by atoms with Crippen LogP contribution < -0.4 is 10.5 Å². The SMILES string of the molecule is COc1ccc(Cc2ccc(C)c(N)c2)cc1. The van der Waals surface area contributed by atoms with Crippen molar-refractivity contribution >= 4 is 5.69 Å². The minimum atomic E-state index is 0.857. The Bertz CT molecular complexity index is 503. The number of benzene rings is 2. The van der Waals surface area contributed by atoms with E-state index in [1.165, 1.54) is 11.1 Å². The average molecular weight is 227 g/mol. The van der Waals surface area contributed by atoms with Crippen LogP contribution in [0.1, 0.15) is 16.7 Å². The Morgan fingerprint density at radius 2 is 1.65 bits per heavy atom. The summed E-state index contributed by atoms with van der Waals surface area (Å²) in [6, 6.07) is 14.3. The normalized spacial score (nSPS) is 10.2. The third kappa shape index (κ3) is 2.78. The summed E-state index contributed by atoms with van der Waals surface area (Å²) in [7, 11) is 1.68. The number of rotatable bonds is 3. The molecule has 17 heavy (non-hydrogen) atoms. The number of hydrogen-bond acceptors (Lipinski definition) is 2. The number of ether oxygens (including phenoxy) is 1. The highest BCUT2D eigenvalue weighted by Gasteiger charge is 1.99. The van der Waals surface area contributed by atoms with Crippen molar-refractivity contribution in [2.45, 2.75) is 13.3 Å². The molecule has 88 valence electrons. The molecule has 2 N–H and O–H groups in total. The Labute approximate surface area is 102 Å². The molecule has 0 bridgehead atoms. The summed E-state index contributed by atoms with van der Waals surface area (Å²) in [5, 5.41) is 0. The van der Waals surface area contributed by atoms with Gasteiger partial charge in [0.25, 0.3) is 0 Å². The number of methoxy groups -OCH3 is 1. The van der Waals surface area contributed by atoms with Crippen molar-refractivity contribution in [3.63, 3.8) is 0 Å². The minimum Gasteiger partial charge on any atom is -0.497 e. The third-order valence-corrected chi connectivity index (χ3v) is 2.91. The molecular formula is C15H17NO. The minimum absolute atomic E-state index is 0.857. The number of nitrogen functional groups attached to an aromatic ring is 1. The van der Waals surface area contributed by atoms with Gasteiger partial charge < -0.3 is 10.5 Å². The lowest BCUT2D eigenvalue weighted by Gasteiger charge is -2.06. The van der Waals surface area contributed by atoms with Gasteiger partial charge in [0.15, 0.2) is 0 Å². The fourth-order valence-corrected chi connectivity index (χ4v) is 1.78. The molecule has 0 aliphatic rings. The van der Waals surface area contributed by atoms with Gasteiger partial charge in [-0.3, -0.25) is 0 Å². The van der Waals surface area contributed by atoms with Gasteiger partial charge >= 0.3 is 0 Å². The second kappa shape index (κ2) is 4.91. The molecule has 0 amide bonds. The summed E-state index contributed by atoms with van der Waals surface area (Å²) in [5.41, 5.74) is 10.4. The highest BCUT2D eigenvalue weighted by atomic mass is 16.5. The highest BCUT2D eigenvalue weighted by Crippen LogP contribution is 2.18. The summed E-state index contributed by atoms with van der Waals surface area (Å²) >= 11 is 0. The highest BCUT2D eigenvalue weighted by molar-refractivity contribution is 5.49. The number of anilines is 1. The second-order valence-corrected chi connectivity index (χ2v) is 4.22. The van der Waals surface area contributed by atoms with Crippen LogP contribution in [0.2, 0.25) is 0 Å². The van der Waals surface area contributed by atoms with Gasteiger partial charge in [0.1, 0.15) is 5.75 Å². The zero-order valence-electron chi connectivity index (χ0n) is 10.2. The summed E-state index contributed by atoms with van der Waals surface area (Å²) in [4.78, 5) is 0. The van der Waals surface area contributed by atoms with Gasteiger partial charge in [-0.15, -0.1) is 0 Å². The van der Waals surface area contributed by atoms with Gasteiger partial charge in [-0.25, -0.2) is 0 Å². The van der Waals surface area contributed by atoms with Crippen molar-refractivity contribution < 1.29 is 4.74 Å². The maximum absolute atomic E-state index is 5.90. The smallest absolute Gasteiger partial charge is 0.118 e. The molecule has 0 aliphatic carbocycles. The van der Waals surface area contributed by atoms with E-state index in [4.69, 9.17) is 10.5 Å². The van der Waals surface area contributed by atoms with Crippen molar-refractivity contribution in [1.82, 2.24) is 0 Å². The molecule has 0 fully saturated rings. The van der Waals surface area contributed by atoms with E-state index in [1.807, 2.05) is 25.1 Å². The molecule has 2 rings (SSSR count). The maximum Gasteiger partial charge on any atom is 0.118 e. The van der Waals surface area contributed by atoms with E-state index in [1.54, 1.807) is 7.11 Å². The van der Waals surface area contributed by atoms with Crippen LogP contribution in [0.3, 0.4) is 0 Å². The van der Waals surface area contributed by atoms with Crippen LogP contribution in [0, 0.1) is 6.92 Å². The van der Waals surface area contributed by atoms with E-state index in [-0.39, 0.29) is 0 Å². The predicted octanol–water partition coefficient (Wildman–Crippen LogP) is 3.18. The molecule has 0 unspecified atom stereocenters. The van der Waals surface area contributed by atoms with Crippen LogP contribution in [0.5, 0.6) is 5.75 Å². The molecule has 0 aromatic heterocycles. The van der Waals surface area contributed by atoms with E-state index < -0.39 is 0 Å². The number of hydrogen-bond donors (Lipinski definition) is 1. The first kappa shape index (κ1) is 11.5. The van der Waals surface area contributed by atoms with Crippen molar-refractivity contribution in [1.29, 1.82) is 0 Å². The standard InChI is InChI=1S/C15H17NO/c1-11-3-4-13(10-15(11)16)9-12-5-7-14(17-2)8-6-12/h3-8,10H,9,16H2,1-2H3. The first-order chi connectivity index (χ1) is 8.19. The molecule has 0 saturated heterocycles. The Balaban J connectivity index is 2.16. The largest absolute Gasteiger partial charge is 0.497 e. The number of nitrogens with two attached hydrogens (primary N) is 1. The van der Waals surface area contributed by atoms with E-state index in [0.717, 1.165) is 23.4 Å². The van der Waals surface area contributed by atoms with Crippen LogP contribution in [0.15, 0.2) is 42.5 Å². The van der Waals surface area contributed by atoms with E-state index in [2.05, 4.69) is 24.3 Å². The first-order valence-electron chi connectivity index (χ1n) is 5.67. The topological polar surface area (TPSA) is 35.2 Å². The van der Waals surface area contributed by atoms with E-state index in [0.29, 0.717) is 0 Å². The lowest BCUT2D eigenvalue weighted by molar-refractivity contribution is 0.414. The van der Waals surface area contributed by atoms with Crippen LogP contribution >= 0.6 is 0 Å². The Morgan fingerprint density at radius 1 is 1.00 bits per heavy atom. The third-order valence-electron chi connectivity index (χ3n) is 2.91. The van der Waals surface area contributed by atoms with Crippen molar-refractivity contribution in [2.75, 3.05) is 12.8 Å². The van der Waals surface area contributed by atoms with Crippen molar-refractivity contribution in [3.05, 3.63) is 59.2 Å². The van der Waals surface area contributed by atoms with Crippen LogP contribution in [-0.4, -0.2) is 7.11 Å². The number of aryl methyl sites for hydroxylation is 1. The van der Waals surface area contributed by atoms with Crippen LogP contribution in [-0.2, 0) is 6.42 Å². The summed E-state index contributed by atoms with van der Waals surface area (Å²) in [6.07, 6.45) is 0.897. The molecule has 2 aromatic rings. The Kier molecular flexibility index (Phi) is 3.33. The molecule has 0 radical (unpaired) electrons. The van der Waals surface area contributed by atoms with Gasteiger partial charge in [-0.2, -0.15) is 0 Å². The second-order valence-electron chi connectivity index (χ2n) is 4.22. The first-order valence-corrected chi connectivity index (χ1v) is 5.67. The van der Waals surface area contributed by atoms with Crippen molar-refractivity contribution in [3.8, 4) is 5.75 Å². The Morgan fingerprint density at radius 3 is 2.24 bits per heavy atom. The predicted molar refractivity (Wildman–Crippen MR) is 71.4 cm³/mol. The zero-order valence-corrected chi connectivity index (χ0v) is 10.2.